The second kappa shape index (κ2) is 38.1. The van der Waals surface area contributed by atoms with Crippen molar-refractivity contribution in [2.45, 2.75) is 262 Å². The van der Waals surface area contributed by atoms with Crippen LogP contribution in [0.5, 0.6) is 0 Å². The molecular weight excluding hydrogens is 1250 g/mol. The zero-order chi connectivity index (χ0) is 75.1. The molecule has 23 heteroatoms. The van der Waals surface area contributed by atoms with Crippen molar-refractivity contribution in [3.63, 3.8) is 0 Å². The maximum Gasteiger partial charge on any atom is 0.246 e. The topological polar surface area (TPSA) is 238 Å². The zero-order valence-corrected chi connectivity index (χ0v) is 67.1. The molecule has 0 radical (unpaired) electrons. The number of Topliss-reactive ketones (excluding diaryl/α,β-unsaturated/α-hetero) is 3. The van der Waals surface area contributed by atoms with Gasteiger partial charge in [-0.2, -0.15) is 0 Å². The van der Waals surface area contributed by atoms with Crippen molar-refractivity contribution < 1.29 is 57.2 Å². The van der Waals surface area contributed by atoms with Crippen LogP contribution in [0.2, 0.25) is 18.1 Å². The number of nitrogens with zero attached hydrogens (tertiary/aromatic N) is 9. The number of hydrogen-bond donors (Lipinski definition) is 1. The van der Waals surface area contributed by atoms with Gasteiger partial charge in [-0.25, -0.2) is 0 Å². The molecule has 1 unspecified atom stereocenters. The molecule has 22 nitrogen and oxygen atoms in total. The Morgan fingerprint density at radius 1 is 0.474 bits per heavy atom. The van der Waals surface area contributed by atoms with Crippen molar-refractivity contribution in [3.8, 4) is 0 Å². The third-order valence-electron chi connectivity index (χ3n) is 21.4. The largest absolute Gasteiger partial charge is 0.411 e. The van der Waals surface area contributed by atoms with E-state index in [1.54, 1.807) is 48.7 Å². The number of carbonyl (C=O) groups excluding carboxylic acids is 11. The molecule has 558 valence electrons. The van der Waals surface area contributed by atoms with Gasteiger partial charge in [-0.1, -0.05) is 125 Å². The Balaban J connectivity index is 3.16. The average molecular weight is 1390 g/mol. The molecule has 2 saturated heterocycles. The molecule has 0 saturated carbocycles. The van der Waals surface area contributed by atoms with Crippen molar-refractivity contribution in [1.29, 1.82) is 0 Å². The molecule has 0 aromatic carbocycles. The number of ketones is 3. The molecule has 2 heterocycles. The lowest BCUT2D eigenvalue weighted by atomic mass is 9.84. The molecule has 2 aliphatic rings. The maximum atomic E-state index is 16.1. The van der Waals surface area contributed by atoms with Crippen LogP contribution in [0.4, 0.5) is 0 Å². The molecule has 97 heavy (non-hydrogen) atoms. The van der Waals surface area contributed by atoms with Crippen LogP contribution in [-0.4, -0.2) is 261 Å². The van der Waals surface area contributed by atoms with E-state index in [0.717, 1.165) is 26.2 Å². The van der Waals surface area contributed by atoms with Crippen LogP contribution in [0.3, 0.4) is 0 Å². The van der Waals surface area contributed by atoms with E-state index in [-0.39, 0.29) is 91.1 Å². The Labute approximate surface area is 587 Å². The first-order chi connectivity index (χ1) is 44.5. The third-order valence-corrected chi connectivity index (χ3v) is 25.8. The van der Waals surface area contributed by atoms with E-state index in [2.05, 4.69) is 63.0 Å². The van der Waals surface area contributed by atoms with Gasteiger partial charge < -0.3 is 53.8 Å². The Kier molecular flexibility index (Phi) is 34.5. The number of hydrogen-bond acceptors (Lipinski definition) is 14. The third kappa shape index (κ3) is 23.7. The summed E-state index contributed by atoms with van der Waals surface area (Å²) in [6, 6.07) is -9.00. The summed E-state index contributed by atoms with van der Waals surface area (Å²) in [5.74, 6) is -10.3. The summed E-state index contributed by atoms with van der Waals surface area (Å²) < 4.78 is 7.48. The van der Waals surface area contributed by atoms with Crippen LogP contribution in [-0.2, 0) is 57.2 Å². The van der Waals surface area contributed by atoms with Crippen LogP contribution >= 0.6 is 0 Å². The van der Waals surface area contributed by atoms with E-state index in [4.69, 9.17) is 4.43 Å². The quantitative estimate of drug-likeness (QED) is 0.135. The van der Waals surface area contributed by atoms with E-state index in [9.17, 15) is 28.8 Å². The van der Waals surface area contributed by atoms with Crippen LogP contribution in [0, 0.1) is 59.2 Å². The molecular formula is C74H136N10O12Si. The zero-order valence-electron chi connectivity index (χ0n) is 66.1. The molecule has 1 N–H and O–H groups in total. The van der Waals surface area contributed by atoms with Crippen LogP contribution < -0.4 is 5.32 Å². The fraction of sp³-hybridized carbons (Fsp3) is 0.851. The van der Waals surface area contributed by atoms with Gasteiger partial charge in [0, 0.05) is 113 Å². The minimum absolute atomic E-state index is 0.0670. The van der Waals surface area contributed by atoms with Gasteiger partial charge in [-0.3, -0.25) is 52.7 Å². The maximum absolute atomic E-state index is 16.1. The average Bonchev–Trinajstić information content (AvgIpc) is 0.790. The second-order valence-electron chi connectivity index (χ2n) is 32.9. The van der Waals surface area contributed by atoms with Crippen molar-refractivity contribution in [2.24, 2.45) is 59.2 Å². The number of amides is 8. The summed E-state index contributed by atoms with van der Waals surface area (Å²) in [6.45, 7) is 45.7. The highest BCUT2D eigenvalue weighted by Crippen LogP contribution is 2.40. The van der Waals surface area contributed by atoms with E-state index in [1.165, 1.54) is 76.5 Å². The molecule has 0 bridgehead atoms. The van der Waals surface area contributed by atoms with Crippen LogP contribution in [0.1, 0.15) is 190 Å². The number of piperazine rings is 1. The lowest BCUT2D eigenvalue weighted by Crippen LogP contribution is -2.63. The van der Waals surface area contributed by atoms with Gasteiger partial charge >= 0.3 is 0 Å². The van der Waals surface area contributed by atoms with Gasteiger partial charge in [0.05, 0.1) is 18.2 Å². The summed E-state index contributed by atoms with van der Waals surface area (Å²) in [5.41, 5.74) is 0. The van der Waals surface area contributed by atoms with Gasteiger partial charge in [0.25, 0.3) is 0 Å². The molecule has 2 aliphatic heterocycles. The lowest BCUT2D eigenvalue weighted by molar-refractivity contribution is -0.157. The highest BCUT2D eigenvalue weighted by Gasteiger charge is 2.50. The monoisotopic (exact) mass is 1390 g/mol. The fourth-order valence-corrected chi connectivity index (χ4v) is 14.9. The highest BCUT2D eigenvalue weighted by atomic mass is 28.4. The molecule has 2 fully saturated rings. The van der Waals surface area contributed by atoms with E-state index < -0.39 is 145 Å². The summed E-state index contributed by atoms with van der Waals surface area (Å²) >= 11 is 0. The summed E-state index contributed by atoms with van der Waals surface area (Å²) in [5, 5.41) is 2.42. The first kappa shape index (κ1) is 88.0. The van der Waals surface area contributed by atoms with Crippen LogP contribution in [0.25, 0.3) is 0 Å². The Hall–Kier alpha value is -5.13. The van der Waals surface area contributed by atoms with Crippen LogP contribution in [0.15, 0.2) is 0 Å². The summed E-state index contributed by atoms with van der Waals surface area (Å²) in [4.78, 5) is 180. The number of likely N-dealkylation sites (N-methyl/N-ethyl adjacent to an activating group) is 8. The predicted molar refractivity (Wildman–Crippen MR) is 387 cm³/mol. The van der Waals surface area contributed by atoms with Crippen molar-refractivity contribution in [1.82, 2.24) is 49.4 Å². The van der Waals surface area contributed by atoms with E-state index in [1.807, 2.05) is 69.2 Å². The van der Waals surface area contributed by atoms with Crippen molar-refractivity contribution >= 4 is 72.9 Å². The Morgan fingerprint density at radius 3 is 1.34 bits per heavy atom. The standard InChI is InChI=1S/C74H136N10O12Si/c1-31-54-42-61(87)64(65(96-97(29,30)74(18,19)20)50(14)32-33-84-36-34-76(21)35-37-84)83(28)73(95)63(49(12)13)82(27)71(93)58(40-46(6)7)80(25)72(94)62(48(10)11)81(26)67(89)52(16)75-66(88)51(15)41-59(85)56(38-44(2)3)79(24)70(92)55(47(8)9)43-60(86)57(39-45(4)5)78(23)68(90)53(17)77(22)69(54)91/h44-58,62-65H,31-43H2,1-30H3,(H,75,88)/t50-,51+,52+,53-,54+,55-,56-,57+,58-,62?,63-,64+,65-/m1/s1. The highest BCUT2D eigenvalue weighted by molar-refractivity contribution is 6.74. The summed E-state index contributed by atoms with van der Waals surface area (Å²) in [7, 11) is 9.99. The molecule has 0 aliphatic carbocycles. The lowest BCUT2D eigenvalue weighted by Gasteiger charge is -2.46. The number of carbonyl (C=O) groups is 11. The van der Waals surface area contributed by atoms with Gasteiger partial charge in [0.2, 0.25) is 47.3 Å². The molecule has 0 aromatic heterocycles. The second-order valence-corrected chi connectivity index (χ2v) is 37.7. The van der Waals surface area contributed by atoms with Gasteiger partial charge in [0.1, 0.15) is 36.3 Å². The van der Waals surface area contributed by atoms with E-state index >= 15 is 24.0 Å². The van der Waals surface area contributed by atoms with Crippen molar-refractivity contribution in [2.75, 3.05) is 89.1 Å². The van der Waals surface area contributed by atoms with Gasteiger partial charge in [0.15, 0.2) is 25.7 Å². The fourth-order valence-electron chi connectivity index (χ4n) is 13.5. The van der Waals surface area contributed by atoms with E-state index in [0.29, 0.717) is 13.0 Å². The first-order valence-corrected chi connectivity index (χ1v) is 39.3. The minimum atomic E-state index is -2.81. The predicted octanol–water partition coefficient (Wildman–Crippen LogP) is 8.24. The summed E-state index contributed by atoms with van der Waals surface area (Å²) in [6.07, 6.45) is -0.273. The Bertz CT molecular complexity index is 2670. The van der Waals surface area contributed by atoms with Gasteiger partial charge in [-0.05, 0) is 119 Å². The molecule has 8 amide bonds. The first-order valence-electron chi connectivity index (χ1n) is 36.3. The van der Waals surface area contributed by atoms with Crippen molar-refractivity contribution in [3.05, 3.63) is 0 Å². The Morgan fingerprint density at radius 2 is 0.897 bits per heavy atom. The molecule has 13 atom stereocenters. The smallest absolute Gasteiger partial charge is 0.246 e. The molecule has 0 aromatic rings. The number of rotatable bonds is 17. The number of nitrogens with one attached hydrogen (secondary N) is 1. The molecule has 0 spiro atoms. The van der Waals surface area contributed by atoms with Gasteiger partial charge in [-0.15, -0.1) is 0 Å². The molecule has 2 rings (SSSR count). The SMILES string of the molecule is CC[C@H]1CC(=O)[C@@H]([C@H](O[Si](C)(C)C(C)(C)C)[C@H](C)CCN2CCN(C)CC2)N(C)C(=O)[C@@H](C(C)C)N(C)C(=O)[C@@H](CC(C)C)N(C)C(=O)C(C(C)C)N(C)C(=O)[C@H](C)NC(=O)[C@@H](C)CC(=O)[C@@H](CC(C)C)N(C)C(=O)[C@@H](C(C)C)CC(=O)[C@H](CC(C)C)N(C)C(=O)[C@@H](C)N(C)C1=O. The minimum Gasteiger partial charge on any atom is -0.411 e. The normalized spacial score (nSPS) is 27.7.